The molecule has 0 aliphatic rings. The van der Waals surface area contributed by atoms with Crippen molar-refractivity contribution in [3.05, 3.63) is 59.0 Å². The number of nitrogens with one attached hydrogen (secondary N) is 1. The summed E-state index contributed by atoms with van der Waals surface area (Å²) in [5, 5.41) is 13.3. The van der Waals surface area contributed by atoms with Gasteiger partial charge in [-0.25, -0.2) is 4.79 Å². The van der Waals surface area contributed by atoms with Gasteiger partial charge >= 0.3 is 6.03 Å². The van der Waals surface area contributed by atoms with E-state index >= 15 is 0 Å². The number of amides is 2. The van der Waals surface area contributed by atoms with Gasteiger partial charge < -0.3 is 19.7 Å². The van der Waals surface area contributed by atoms with Crippen molar-refractivity contribution in [2.45, 2.75) is 39.8 Å². The first-order valence-corrected chi connectivity index (χ1v) is 8.27. The summed E-state index contributed by atoms with van der Waals surface area (Å²) in [5.41, 5.74) is 1.94. The molecular weight excluding hydrogens is 304 g/mol. The SMILES string of the molecule is CCN(CC(O)c1ccc(C)cc1)C(=O)NC(C)c1ccc(C)o1. The molecule has 1 aromatic heterocycles. The molecule has 0 aliphatic heterocycles. The number of hydrogen-bond donors (Lipinski definition) is 2. The second-order valence-corrected chi connectivity index (χ2v) is 6.08. The van der Waals surface area contributed by atoms with Crippen molar-refractivity contribution in [1.82, 2.24) is 10.2 Å². The van der Waals surface area contributed by atoms with Crippen LogP contribution in [0.4, 0.5) is 4.79 Å². The maximum absolute atomic E-state index is 12.4. The molecule has 0 aliphatic carbocycles. The van der Waals surface area contributed by atoms with E-state index in [-0.39, 0.29) is 18.6 Å². The van der Waals surface area contributed by atoms with Gasteiger partial charge in [-0.3, -0.25) is 0 Å². The number of likely N-dealkylation sites (N-methyl/N-ethyl adjacent to an activating group) is 1. The number of benzene rings is 1. The zero-order valence-corrected chi connectivity index (χ0v) is 14.7. The Labute approximate surface area is 143 Å². The lowest BCUT2D eigenvalue weighted by Crippen LogP contribution is -2.42. The van der Waals surface area contributed by atoms with E-state index in [1.165, 1.54) is 0 Å². The van der Waals surface area contributed by atoms with Gasteiger partial charge in [-0.1, -0.05) is 29.8 Å². The van der Waals surface area contributed by atoms with E-state index in [9.17, 15) is 9.90 Å². The number of aliphatic hydroxyl groups excluding tert-OH is 1. The number of urea groups is 1. The molecule has 2 N–H and O–H groups in total. The Morgan fingerprint density at radius 1 is 1.21 bits per heavy atom. The summed E-state index contributed by atoms with van der Waals surface area (Å²) in [6.07, 6.45) is -0.711. The van der Waals surface area contributed by atoms with E-state index in [1.54, 1.807) is 4.90 Å². The molecule has 0 spiro atoms. The standard InChI is InChI=1S/C19H26N2O3/c1-5-21(12-17(22)16-9-6-13(2)7-10-16)19(23)20-15(4)18-11-8-14(3)24-18/h6-11,15,17,22H,5,12H2,1-4H3,(H,20,23). The second kappa shape index (κ2) is 8.02. The Morgan fingerprint density at radius 3 is 2.42 bits per heavy atom. The fourth-order valence-electron chi connectivity index (χ4n) is 2.49. The molecule has 2 amide bonds. The van der Waals surface area contributed by atoms with Crippen LogP contribution >= 0.6 is 0 Å². The van der Waals surface area contributed by atoms with Crippen molar-refractivity contribution in [1.29, 1.82) is 0 Å². The summed E-state index contributed by atoms with van der Waals surface area (Å²) in [7, 11) is 0. The third-order valence-corrected chi connectivity index (χ3v) is 4.05. The Balaban J connectivity index is 1.96. The third kappa shape index (κ3) is 4.61. The van der Waals surface area contributed by atoms with Gasteiger partial charge in [0.25, 0.3) is 0 Å². The zero-order chi connectivity index (χ0) is 17.7. The summed E-state index contributed by atoms with van der Waals surface area (Å²) in [5.74, 6) is 1.53. The maximum Gasteiger partial charge on any atom is 0.318 e. The largest absolute Gasteiger partial charge is 0.464 e. The van der Waals surface area contributed by atoms with Crippen molar-refractivity contribution >= 4 is 6.03 Å². The van der Waals surface area contributed by atoms with Crippen LogP contribution in [0, 0.1) is 13.8 Å². The minimum Gasteiger partial charge on any atom is -0.464 e. The molecule has 5 heteroatoms. The monoisotopic (exact) mass is 330 g/mol. The lowest BCUT2D eigenvalue weighted by Gasteiger charge is -2.26. The summed E-state index contributed by atoms with van der Waals surface area (Å²) >= 11 is 0. The van der Waals surface area contributed by atoms with Crippen LogP contribution in [0.5, 0.6) is 0 Å². The molecule has 1 aromatic carbocycles. The molecule has 0 bridgehead atoms. The summed E-state index contributed by atoms with van der Waals surface area (Å²) in [6, 6.07) is 11.0. The molecule has 0 saturated carbocycles. The third-order valence-electron chi connectivity index (χ3n) is 4.05. The molecule has 0 radical (unpaired) electrons. The zero-order valence-electron chi connectivity index (χ0n) is 14.7. The summed E-state index contributed by atoms with van der Waals surface area (Å²) in [6.45, 7) is 8.39. The van der Waals surface area contributed by atoms with E-state index in [2.05, 4.69) is 5.32 Å². The van der Waals surface area contributed by atoms with Crippen LogP contribution in [0.25, 0.3) is 0 Å². The fraction of sp³-hybridized carbons (Fsp3) is 0.421. The lowest BCUT2D eigenvalue weighted by atomic mass is 10.1. The first kappa shape index (κ1) is 18.1. The van der Waals surface area contributed by atoms with E-state index in [0.717, 1.165) is 22.6 Å². The smallest absolute Gasteiger partial charge is 0.318 e. The Hall–Kier alpha value is -2.27. The molecular formula is C19H26N2O3. The van der Waals surface area contributed by atoms with Crippen LogP contribution in [0.3, 0.4) is 0 Å². The van der Waals surface area contributed by atoms with Gasteiger partial charge in [0.2, 0.25) is 0 Å². The fourth-order valence-corrected chi connectivity index (χ4v) is 2.49. The number of nitrogens with zero attached hydrogens (tertiary/aromatic N) is 1. The van der Waals surface area contributed by atoms with Crippen molar-refractivity contribution in [3.8, 4) is 0 Å². The van der Waals surface area contributed by atoms with E-state index in [4.69, 9.17) is 4.42 Å². The first-order valence-electron chi connectivity index (χ1n) is 8.27. The number of furan rings is 1. The highest BCUT2D eigenvalue weighted by Crippen LogP contribution is 2.18. The van der Waals surface area contributed by atoms with Crippen LogP contribution < -0.4 is 5.32 Å². The summed E-state index contributed by atoms with van der Waals surface area (Å²) < 4.78 is 5.54. The highest BCUT2D eigenvalue weighted by molar-refractivity contribution is 5.74. The first-order chi connectivity index (χ1) is 11.4. The predicted molar refractivity (Wildman–Crippen MR) is 93.8 cm³/mol. The van der Waals surface area contributed by atoms with Gasteiger partial charge in [-0.2, -0.15) is 0 Å². The second-order valence-electron chi connectivity index (χ2n) is 6.08. The number of aliphatic hydroxyl groups is 1. The van der Waals surface area contributed by atoms with Gasteiger partial charge in [0.15, 0.2) is 0 Å². The molecule has 24 heavy (non-hydrogen) atoms. The average molecular weight is 330 g/mol. The van der Waals surface area contributed by atoms with Gasteiger partial charge in [0.05, 0.1) is 18.7 Å². The van der Waals surface area contributed by atoms with Crippen molar-refractivity contribution < 1.29 is 14.3 Å². The summed E-state index contributed by atoms with van der Waals surface area (Å²) in [4.78, 5) is 14.0. The molecule has 2 aromatic rings. The molecule has 2 unspecified atom stereocenters. The molecule has 2 rings (SSSR count). The lowest BCUT2D eigenvalue weighted by molar-refractivity contribution is 0.122. The number of hydrogen-bond acceptors (Lipinski definition) is 3. The van der Waals surface area contributed by atoms with Crippen LogP contribution in [0.15, 0.2) is 40.8 Å². The molecule has 5 nitrogen and oxygen atoms in total. The topological polar surface area (TPSA) is 65.7 Å². The minimum absolute atomic E-state index is 0.217. The number of carbonyl (C=O) groups is 1. The predicted octanol–water partition coefficient (Wildman–Crippen LogP) is 3.72. The van der Waals surface area contributed by atoms with Gasteiger partial charge in [-0.05, 0) is 45.4 Å². The average Bonchev–Trinajstić information content (AvgIpc) is 2.99. The maximum atomic E-state index is 12.4. The van der Waals surface area contributed by atoms with Crippen LogP contribution in [-0.4, -0.2) is 29.1 Å². The van der Waals surface area contributed by atoms with Gasteiger partial charge in [-0.15, -0.1) is 0 Å². The minimum atomic E-state index is -0.711. The highest BCUT2D eigenvalue weighted by Gasteiger charge is 2.20. The molecule has 0 fully saturated rings. The van der Waals surface area contributed by atoms with E-state index in [0.29, 0.717) is 6.54 Å². The highest BCUT2D eigenvalue weighted by atomic mass is 16.3. The van der Waals surface area contributed by atoms with Crippen LogP contribution in [0.1, 0.15) is 48.6 Å². The van der Waals surface area contributed by atoms with E-state index < -0.39 is 6.10 Å². The van der Waals surface area contributed by atoms with Crippen molar-refractivity contribution in [3.63, 3.8) is 0 Å². The van der Waals surface area contributed by atoms with Crippen LogP contribution in [-0.2, 0) is 0 Å². The van der Waals surface area contributed by atoms with Crippen molar-refractivity contribution in [2.24, 2.45) is 0 Å². The quantitative estimate of drug-likeness (QED) is 0.848. The number of carbonyl (C=O) groups excluding carboxylic acids is 1. The van der Waals surface area contributed by atoms with Gasteiger partial charge in [0, 0.05) is 6.54 Å². The Kier molecular flexibility index (Phi) is 6.04. The molecule has 0 saturated heterocycles. The molecule has 2 atom stereocenters. The Morgan fingerprint density at radius 2 is 1.88 bits per heavy atom. The Bertz CT molecular complexity index is 664. The number of aryl methyl sites for hydroxylation is 2. The molecule has 1 heterocycles. The molecule has 130 valence electrons. The van der Waals surface area contributed by atoms with Crippen LogP contribution in [0.2, 0.25) is 0 Å². The normalized spacial score (nSPS) is 13.4. The number of rotatable bonds is 6. The van der Waals surface area contributed by atoms with Gasteiger partial charge in [0.1, 0.15) is 11.5 Å². The van der Waals surface area contributed by atoms with Crippen molar-refractivity contribution in [2.75, 3.05) is 13.1 Å². The van der Waals surface area contributed by atoms with E-state index in [1.807, 2.05) is 64.1 Å².